The van der Waals surface area contributed by atoms with Gasteiger partial charge in [-0.2, -0.15) is 9.97 Å². The van der Waals surface area contributed by atoms with Gasteiger partial charge in [-0.1, -0.05) is 6.07 Å². The molecule has 0 fully saturated rings. The predicted octanol–water partition coefficient (Wildman–Crippen LogP) is 2.64. The summed E-state index contributed by atoms with van der Waals surface area (Å²) in [6.07, 6.45) is 0. The molecule has 0 unspecified atom stereocenters. The number of hydrogen-bond donors (Lipinski definition) is 0. The van der Waals surface area contributed by atoms with Crippen LogP contribution in [0.25, 0.3) is 0 Å². The molecule has 0 aliphatic rings. The van der Waals surface area contributed by atoms with Gasteiger partial charge < -0.3 is 14.2 Å². The van der Waals surface area contributed by atoms with Crippen LogP contribution >= 0.6 is 11.6 Å². The Labute approximate surface area is 115 Å². The molecule has 0 bridgehead atoms. The molecule has 100 valence electrons. The fourth-order valence-electron chi connectivity index (χ4n) is 1.41. The van der Waals surface area contributed by atoms with Gasteiger partial charge in [0.25, 0.3) is 0 Å². The summed E-state index contributed by atoms with van der Waals surface area (Å²) in [5.41, 5.74) is 1.05. The first-order valence-electron chi connectivity index (χ1n) is 5.40. The molecule has 0 atom stereocenters. The van der Waals surface area contributed by atoms with Crippen molar-refractivity contribution in [3.8, 4) is 23.5 Å². The maximum absolute atomic E-state index is 5.74. The summed E-state index contributed by atoms with van der Waals surface area (Å²) in [6.45, 7) is 1.95. The maximum Gasteiger partial charge on any atom is 0.329 e. The quantitative estimate of drug-likeness (QED) is 0.858. The lowest BCUT2D eigenvalue weighted by atomic mass is 10.2. The minimum atomic E-state index is -0.00655. The second-order valence-electron chi connectivity index (χ2n) is 3.63. The summed E-state index contributed by atoms with van der Waals surface area (Å²) < 4.78 is 15.6. The van der Waals surface area contributed by atoms with Crippen LogP contribution in [0.2, 0.25) is 5.28 Å². The number of methoxy groups -OCH3 is 2. The normalized spacial score (nSPS) is 10.1. The van der Waals surface area contributed by atoms with E-state index in [1.165, 1.54) is 7.11 Å². The van der Waals surface area contributed by atoms with E-state index in [4.69, 9.17) is 25.8 Å². The first-order valence-corrected chi connectivity index (χ1v) is 5.78. The van der Waals surface area contributed by atoms with Gasteiger partial charge in [0, 0.05) is 0 Å². The second-order valence-corrected chi connectivity index (χ2v) is 3.97. The van der Waals surface area contributed by atoms with Crippen LogP contribution in [0, 0.1) is 6.92 Å². The van der Waals surface area contributed by atoms with Crippen molar-refractivity contribution >= 4 is 11.6 Å². The lowest BCUT2D eigenvalue weighted by molar-refractivity contribution is 0.345. The molecule has 1 aromatic heterocycles. The monoisotopic (exact) mass is 281 g/mol. The van der Waals surface area contributed by atoms with Gasteiger partial charge in [-0.15, -0.1) is 4.98 Å². The molecule has 0 saturated carbocycles. The van der Waals surface area contributed by atoms with E-state index in [1.807, 2.05) is 19.1 Å². The first kappa shape index (κ1) is 13.4. The molecular weight excluding hydrogens is 270 g/mol. The molecule has 0 N–H and O–H groups in total. The van der Waals surface area contributed by atoms with Crippen molar-refractivity contribution in [2.24, 2.45) is 0 Å². The smallest absolute Gasteiger partial charge is 0.329 e. The molecule has 0 aliphatic carbocycles. The zero-order chi connectivity index (χ0) is 13.8. The zero-order valence-electron chi connectivity index (χ0n) is 10.7. The average molecular weight is 282 g/mol. The second kappa shape index (κ2) is 5.71. The summed E-state index contributed by atoms with van der Waals surface area (Å²) in [5.74, 6) is 1.06. The number of benzene rings is 1. The van der Waals surface area contributed by atoms with E-state index in [0.29, 0.717) is 11.5 Å². The predicted molar refractivity (Wildman–Crippen MR) is 69.2 cm³/mol. The van der Waals surface area contributed by atoms with Gasteiger partial charge in [0.15, 0.2) is 11.5 Å². The Morgan fingerprint density at radius 1 is 0.947 bits per heavy atom. The fourth-order valence-corrected chi connectivity index (χ4v) is 1.55. The summed E-state index contributed by atoms with van der Waals surface area (Å²) >= 11 is 5.74. The van der Waals surface area contributed by atoms with Crippen LogP contribution in [-0.4, -0.2) is 29.2 Å². The van der Waals surface area contributed by atoms with Gasteiger partial charge in [-0.25, -0.2) is 0 Å². The van der Waals surface area contributed by atoms with E-state index < -0.39 is 0 Å². The number of hydrogen-bond acceptors (Lipinski definition) is 6. The van der Waals surface area contributed by atoms with Crippen molar-refractivity contribution in [2.75, 3.05) is 14.2 Å². The summed E-state index contributed by atoms with van der Waals surface area (Å²) in [4.78, 5) is 11.6. The van der Waals surface area contributed by atoms with Crippen LogP contribution < -0.4 is 14.2 Å². The molecule has 7 heteroatoms. The van der Waals surface area contributed by atoms with Crippen LogP contribution in [0.4, 0.5) is 0 Å². The van der Waals surface area contributed by atoms with E-state index in [2.05, 4.69) is 15.0 Å². The third-order valence-corrected chi connectivity index (χ3v) is 2.44. The van der Waals surface area contributed by atoms with Crippen molar-refractivity contribution < 1.29 is 14.2 Å². The zero-order valence-corrected chi connectivity index (χ0v) is 11.4. The van der Waals surface area contributed by atoms with Crippen molar-refractivity contribution in [1.82, 2.24) is 15.0 Å². The molecule has 1 aromatic carbocycles. The minimum absolute atomic E-state index is 0.00655. The van der Waals surface area contributed by atoms with E-state index in [9.17, 15) is 0 Å². The Morgan fingerprint density at radius 3 is 2.37 bits per heavy atom. The van der Waals surface area contributed by atoms with E-state index in [-0.39, 0.29) is 17.3 Å². The Kier molecular flexibility index (Phi) is 4.01. The Morgan fingerprint density at radius 2 is 1.68 bits per heavy atom. The van der Waals surface area contributed by atoms with Gasteiger partial charge >= 0.3 is 12.0 Å². The van der Waals surface area contributed by atoms with Crippen molar-refractivity contribution in [3.05, 3.63) is 29.0 Å². The lowest BCUT2D eigenvalue weighted by Crippen LogP contribution is -1.99. The highest BCUT2D eigenvalue weighted by Crippen LogP contribution is 2.31. The van der Waals surface area contributed by atoms with Crippen LogP contribution in [0.1, 0.15) is 5.56 Å². The van der Waals surface area contributed by atoms with E-state index >= 15 is 0 Å². The van der Waals surface area contributed by atoms with Crippen LogP contribution in [-0.2, 0) is 0 Å². The van der Waals surface area contributed by atoms with Crippen LogP contribution in [0.15, 0.2) is 18.2 Å². The highest BCUT2D eigenvalue weighted by Gasteiger charge is 2.11. The standard InChI is InChI=1S/C12H12ClN3O3/c1-7-4-5-8(9(6-7)17-2)19-12-15-10(13)14-11(16-12)18-3/h4-6H,1-3H3. The SMILES string of the molecule is COc1nc(Cl)nc(Oc2ccc(C)cc2OC)n1. The average Bonchev–Trinajstić information content (AvgIpc) is 2.40. The molecule has 2 rings (SSSR count). The molecule has 0 aliphatic heterocycles. The molecule has 1 heterocycles. The van der Waals surface area contributed by atoms with E-state index in [1.54, 1.807) is 13.2 Å². The largest absolute Gasteiger partial charge is 0.493 e. The molecule has 0 amide bonds. The Balaban J connectivity index is 2.33. The third-order valence-electron chi connectivity index (χ3n) is 2.27. The van der Waals surface area contributed by atoms with Gasteiger partial charge in [0.1, 0.15) is 0 Å². The minimum Gasteiger partial charge on any atom is -0.493 e. The van der Waals surface area contributed by atoms with Crippen LogP contribution in [0.3, 0.4) is 0 Å². The summed E-state index contributed by atoms with van der Waals surface area (Å²) in [6, 6.07) is 5.62. The molecule has 6 nitrogen and oxygen atoms in total. The van der Waals surface area contributed by atoms with Crippen molar-refractivity contribution in [3.63, 3.8) is 0 Å². The molecule has 0 saturated heterocycles. The Hall–Kier alpha value is -2.08. The lowest BCUT2D eigenvalue weighted by Gasteiger charge is -2.09. The van der Waals surface area contributed by atoms with Gasteiger partial charge in [0.05, 0.1) is 14.2 Å². The first-order chi connectivity index (χ1) is 9.12. The number of halogens is 1. The molecular formula is C12H12ClN3O3. The summed E-state index contributed by atoms with van der Waals surface area (Å²) in [7, 11) is 2.99. The van der Waals surface area contributed by atoms with Crippen molar-refractivity contribution in [2.45, 2.75) is 6.92 Å². The number of nitrogens with zero attached hydrogens (tertiary/aromatic N) is 3. The molecule has 0 radical (unpaired) electrons. The van der Waals surface area contributed by atoms with Gasteiger partial charge in [0.2, 0.25) is 5.28 Å². The van der Waals surface area contributed by atoms with Crippen molar-refractivity contribution in [1.29, 1.82) is 0 Å². The number of aryl methyl sites for hydroxylation is 1. The number of aromatic nitrogens is 3. The van der Waals surface area contributed by atoms with E-state index in [0.717, 1.165) is 5.56 Å². The highest BCUT2D eigenvalue weighted by molar-refractivity contribution is 6.28. The molecule has 0 spiro atoms. The number of ether oxygens (including phenoxy) is 3. The molecule has 2 aromatic rings. The Bertz CT molecular complexity index is 592. The van der Waals surface area contributed by atoms with Gasteiger partial charge in [-0.3, -0.25) is 0 Å². The highest BCUT2D eigenvalue weighted by atomic mass is 35.5. The summed E-state index contributed by atoms with van der Waals surface area (Å²) in [5, 5.41) is -0.00655. The third kappa shape index (κ3) is 3.23. The van der Waals surface area contributed by atoms with Gasteiger partial charge in [-0.05, 0) is 36.2 Å². The fraction of sp³-hybridized carbons (Fsp3) is 0.250. The maximum atomic E-state index is 5.74. The topological polar surface area (TPSA) is 66.4 Å². The number of rotatable bonds is 4. The van der Waals surface area contributed by atoms with Crippen LogP contribution in [0.5, 0.6) is 23.5 Å². The molecule has 19 heavy (non-hydrogen) atoms.